The van der Waals surface area contributed by atoms with Crippen molar-refractivity contribution in [3.63, 3.8) is 0 Å². The Morgan fingerprint density at radius 2 is 1.67 bits per heavy atom. The second-order valence-corrected chi connectivity index (χ2v) is 17.8. The summed E-state index contributed by atoms with van der Waals surface area (Å²) in [5.74, 6) is -1.82. The number of aromatic nitrogens is 6. The zero-order chi connectivity index (χ0) is 43.8. The highest BCUT2D eigenvalue weighted by atomic mass is 32.1. The van der Waals surface area contributed by atoms with Crippen molar-refractivity contribution in [1.82, 2.24) is 29.5 Å². The van der Waals surface area contributed by atoms with Gasteiger partial charge < -0.3 is 19.3 Å². The van der Waals surface area contributed by atoms with Crippen molar-refractivity contribution in [2.75, 3.05) is 19.0 Å². The van der Waals surface area contributed by atoms with Crippen LogP contribution in [0.5, 0.6) is 5.75 Å². The third-order valence-corrected chi connectivity index (χ3v) is 12.4. The van der Waals surface area contributed by atoms with Crippen molar-refractivity contribution in [2.45, 2.75) is 112 Å². The van der Waals surface area contributed by atoms with Crippen LogP contribution in [0.1, 0.15) is 104 Å². The number of nitrogens with zero attached hydrogens (tertiary/aromatic N) is 6. The van der Waals surface area contributed by atoms with E-state index in [1.807, 2.05) is 54.5 Å². The molecule has 0 radical (unpaired) electrons. The van der Waals surface area contributed by atoms with E-state index in [0.29, 0.717) is 22.7 Å². The summed E-state index contributed by atoms with van der Waals surface area (Å²) in [5.41, 5.74) is 0.369. The molecule has 6 rings (SSSR count). The van der Waals surface area contributed by atoms with Crippen LogP contribution in [0.2, 0.25) is 0 Å². The fourth-order valence-corrected chi connectivity index (χ4v) is 8.02. The van der Waals surface area contributed by atoms with Crippen molar-refractivity contribution in [2.24, 2.45) is 5.92 Å². The predicted octanol–water partition coefficient (Wildman–Crippen LogP) is 10.6. The molecular formula is C42H56F2N7O7PS. The molecule has 1 saturated carbocycles. The van der Waals surface area contributed by atoms with Gasteiger partial charge >= 0.3 is 13.6 Å². The number of anilines is 1. The largest absolute Gasteiger partial charge is 0.463 e. The lowest BCUT2D eigenvalue weighted by atomic mass is 9.96. The van der Waals surface area contributed by atoms with Gasteiger partial charge in [0.15, 0.2) is 5.82 Å². The molecule has 2 atom stereocenters. The van der Waals surface area contributed by atoms with Gasteiger partial charge in [0, 0.05) is 37.1 Å². The van der Waals surface area contributed by atoms with Gasteiger partial charge in [-0.2, -0.15) is 14.6 Å². The Labute approximate surface area is 354 Å². The number of carbonyl (C=O) groups is 2. The van der Waals surface area contributed by atoms with Crippen LogP contribution >= 0.6 is 18.9 Å². The van der Waals surface area contributed by atoms with E-state index in [1.165, 1.54) is 16.0 Å². The predicted molar refractivity (Wildman–Crippen MR) is 228 cm³/mol. The molecule has 5 aromatic rings. The van der Waals surface area contributed by atoms with Crippen molar-refractivity contribution in [3.05, 3.63) is 83.9 Å². The molecule has 1 aromatic carbocycles. The highest BCUT2D eigenvalue weighted by molar-refractivity contribution is 7.55. The summed E-state index contributed by atoms with van der Waals surface area (Å²) in [6.07, 6.45) is 10.5. The Balaban J connectivity index is 0.000000531. The van der Waals surface area contributed by atoms with Crippen LogP contribution in [0.25, 0.3) is 22.0 Å². The first-order valence-corrected chi connectivity index (χ1v) is 22.6. The number of halogens is 2. The van der Waals surface area contributed by atoms with Gasteiger partial charge in [-0.15, -0.1) is 11.3 Å². The van der Waals surface area contributed by atoms with E-state index in [4.69, 9.17) is 13.8 Å². The lowest BCUT2D eigenvalue weighted by Crippen LogP contribution is -2.16. The van der Waals surface area contributed by atoms with Crippen LogP contribution in [0, 0.1) is 17.7 Å². The minimum atomic E-state index is -3.53. The SMILES string of the molecule is CC(C)OC(=O)C(C)C.CCC(C)P(=O)(OCn1cc(-c2nc(C(=O)Nc3cn(C4CCCCC4)nc3-c3nc(F)ccc3F)cs2)cn1)Oc1ccccc1.CCOC. The third kappa shape index (κ3) is 13.9. The molecule has 0 spiro atoms. The Bertz CT molecular complexity index is 2150. The van der Waals surface area contributed by atoms with Gasteiger partial charge in [-0.25, -0.2) is 23.6 Å². The molecule has 0 aliphatic heterocycles. The molecule has 0 saturated heterocycles. The number of thiazole rings is 1. The average molecular weight is 872 g/mol. The van der Waals surface area contributed by atoms with Gasteiger partial charge in [0.05, 0.1) is 35.6 Å². The minimum absolute atomic E-state index is 0.00704. The van der Waals surface area contributed by atoms with Crippen molar-refractivity contribution in [1.29, 1.82) is 0 Å². The Kier molecular flexibility index (Phi) is 18.5. The number of nitrogens with one attached hydrogen (secondary N) is 1. The van der Waals surface area contributed by atoms with Gasteiger partial charge in [0.1, 0.15) is 34.6 Å². The Morgan fingerprint density at radius 3 is 2.28 bits per heavy atom. The maximum Gasteiger partial charge on any atom is 0.383 e. The molecule has 1 aliphatic rings. The summed E-state index contributed by atoms with van der Waals surface area (Å²) in [4.78, 5) is 32.3. The number of amides is 1. The van der Waals surface area contributed by atoms with Gasteiger partial charge in [-0.05, 0) is 71.2 Å². The number of benzene rings is 1. The first kappa shape index (κ1) is 47.8. The summed E-state index contributed by atoms with van der Waals surface area (Å²) in [6, 6.07) is 10.9. The highest BCUT2D eigenvalue weighted by Gasteiger charge is 2.33. The van der Waals surface area contributed by atoms with Gasteiger partial charge in [0.2, 0.25) is 5.95 Å². The molecule has 4 aromatic heterocycles. The van der Waals surface area contributed by atoms with Crippen molar-refractivity contribution < 1.29 is 41.5 Å². The molecule has 326 valence electrons. The van der Waals surface area contributed by atoms with E-state index < -0.39 is 25.3 Å². The van der Waals surface area contributed by atoms with E-state index in [2.05, 4.69) is 30.2 Å². The van der Waals surface area contributed by atoms with E-state index in [1.54, 1.807) is 60.0 Å². The molecular weight excluding hydrogens is 816 g/mol. The second kappa shape index (κ2) is 23.2. The topological polar surface area (TPSA) is 162 Å². The molecule has 1 fully saturated rings. The monoisotopic (exact) mass is 871 g/mol. The fraction of sp³-hybridized carbons (Fsp3) is 0.476. The quantitative estimate of drug-likeness (QED) is 0.0605. The summed E-state index contributed by atoms with van der Waals surface area (Å²) >= 11 is 1.23. The minimum Gasteiger partial charge on any atom is -0.463 e. The van der Waals surface area contributed by atoms with Crippen molar-refractivity contribution in [3.8, 4) is 27.7 Å². The molecule has 60 heavy (non-hydrogen) atoms. The molecule has 1 aliphatic carbocycles. The van der Waals surface area contributed by atoms with E-state index >= 15 is 0 Å². The van der Waals surface area contributed by atoms with Crippen LogP contribution in [-0.4, -0.2) is 66.9 Å². The van der Waals surface area contributed by atoms with Crippen LogP contribution < -0.4 is 9.84 Å². The first-order chi connectivity index (χ1) is 28.7. The highest BCUT2D eigenvalue weighted by Crippen LogP contribution is 2.54. The van der Waals surface area contributed by atoms with Crippen LogP contribution in [0.3, 0.4) is 0 Å². The number of hydrogen-bond acceptors (Lipinski definition) is 12. The van der Waals surface area contributed by atoms with Gasteiger partial charge in [0.25, 0.3) is 5.91 Å². The molecule has 4 heterocycles. The second-order valence-electron chi connectivity index (χ2n) is 14.6. The molecule has 2 unspecified atom stereocenters. The van der Waals surface area contributed by atoms with Gasteiger partial charge in [-0.3, -0.25) is 18.8 Å². The average Bonchev–Trinajstić information content (AvgIpc) is 4.02. The molecule has 1 N–H and O–H groups in total. The molecule has 14 nitrogen and oxygen atoms in total. The smallest absolute Gasteiger partial charge is 0.383 e. The zero-order valence-corrected chi connectivity index (χ0v) is 37.2. The zero-order valence-electron chi connectivity index (χ0n) is 35.5. The van der Waals surface area contributed by atoms with E-state index in [-0.39, 0.29) is 59.2 Å². The van der Waals surface area contributed by atoms with Crippen LogP contribution in [-0.2, 0) is 30.1 Å². The number of pyridine rings is 1. The number of methoxy groups -OCH3 is 1. The Morgan fingerprint density at radius 1 is 0.967 bits per heavy atom. The summed E-state index contributed by atoms with van der Waals surface area (Å²) < 4.78 is 66.7. The van der Waals surface area contributed by atoms with E-state index in [0.717, 1.165) is 50.8 Å². The van der Waals surface area contributed by atoms with E-state index in [9.17, 15) is 22.9 Å². The maximum atomic E-state index is 14.8. The van der Waals surface area contributed by atoms with Crippen LogP contribution in [0.15, 0.2) is 66.4 Å². The number of para-hydroxylation sites is 1. The summed E-state index contributed by atoms with van der Waals surface area (Å²) in [7, 11) is -1.84. The molecule has 1 amide bonds. The normalized spacial score (nSPS) is 14.3. The maximum absolute atomic E-state index is 14.8. The third-order valence-electron chi connectivity index (χ3n) is 9.17. The summed E-state index contributed by atoms with van der Waals surface area (Å²) in [6.45, 7) is 13.7. The number of esters is 1. The van der Waals surface area contributed by atoms with Gasteiger partial charge in [-0.1, -0.05) is 58.2 Å². The lowest BCUT2D eigenvalue weighted by molar-refractivity contribution is -0.151. The number of hydrogen-bond donors (Lipinski definition) is 1. The number of rotatable bonds is 15. The van der Waals surface area contributed by atoms with Crippen LogP contribution in [0.4, 0.5) is 14.5 Å². The molecule has 0 bridgehead atoms. The Hall–Kier alpha value is -4.83. The standard InChI is InChI=1S/C32H34F2N7O4PS.C7H14O2.C3H8O/c1-3-21(2)46(43,45-24-12-8-5-9-13-24)44-20-40-17-22(16-35-40)32-37-27(19-47-32)31(42)36-26-18-41(23-10-6-4-7-11-23)39-30(26)29-25(33)14-15-28(34)38-29;1-5(2)7(8)9-6(3)4;1-3-4-2/h5,8-9,12-19,21,23H,3-4,6-7,10-11,20H2,1-2H3,(H,36,42);5-6H,1-4H3;3H2,1-2H3. The number of carbonyl (C=O) groups excluding carboxylic acids is 2. The molecule has 18 heteroatoms. The lowest BCUT2D eigenvalue weighted by Gasteiger charge is -2.24. The summed E-state index contributed by atoms with van der Waals surface area (Å²) in [5, 5.41) is 13.8. The first-order valence-electron chi connectivity index (χ1n) is 20.1. The fourth-order valence-electron chi connectivity index (χ4n) is 5.62. The number of ether oxygens (including phenoxy) is 2. The van der Waals surface area contributed by atoms with Crippen molar-refractivity contribution >= 4 is 36.5 Å².